The Morgan fingerprint density at radius 1 is 1.04 bits per heavy atom. The summed E-state index contributed by atoms with van der Waals surface area (Å²) in [4.78, 5) is 11.1. The Morgan fingerprint density at radius 3 is 2.58 bits per heavy atom. The van der Waals surface area contributed by atoms with Gasteiger partial charge in [0.15, 0.2) is 0 Å². The van der Waals surface area contributed by atoms with Gasteiger partial charge in [0.2, 0.25) is 0 Å². The van der Waals surface area contributed by atoms with Crippen LogP contribution in [0.3, 0.4) is 0 Å². The maximum absolute atomic E-state index is 11.1. The van der Waals surface area contributed by atoms with Crippen molar-refractivity contribution in [3.63, 3.8) is 0 Å². The number of carbonyl (C=O) groups is 1. The Balaban J connectivity index is 1.37. The van der Waals surface area contributed by atoms with Crippen LogP contribution >= 0.6 is 0 Å². The smallest absolute Gasteiger partial charge is 0.305 e. The molecule has 0 aliphatic heterocycles. The summed E-state index contributed by atoms with van der Waals surface area (Å²) in [6.07, 6.45) is 5.00. The first kappa shape index (κ1) is 18.5. The Kier molecular flexibility index (Phi) is 6.67. The van der Waals surface area contributed by atoms with E-state index in [-0.39, 0.29) is 5.97 Å². The third-order valence-electron chi connectivity index (χ3n) is 4.78. The fourth-order valence-corrected chi connectivity index (χ4v) is 3.22. The minimum Gasteiger partial charge on any atom is -0.469 e. The van der Waals surface area contributed by atoms with Gasteiger partial charge in [-0.15, -0.1) is 0 Å². The zero-order valence-electron chi connectivity index (χ0n) is 15.2. The van der Waals surface area contributed by atoms with E-state index in [1.54, 1.807) is 0 Å². The molecule has 0 amide bonds. The second-order valence-electron chi connectivity index (χ2n) is 6.80. The van der Waals surface area contributed by atoms with Gasteiger partial charge in [0, 0.05) is 6.42 Å². The van der Waals surface area contributed by atoms with E-state index in [4.69, 9.17) is 9.47 Å². The van der Waals surface area contributed by atoms with Crippen molar-refractivity contribution in [3.05, 3.63) is 60.2 Å². The lowest BCUT2D eigenvalue weighted by Crippen LogP contribution is -2.31. The third-order valence-corrected chi connectivity index (χ3v) is 4.78. The van der Waals surface area contributed by atoms with E-state index in [2.05, 4.69) is 10.8 Å². The van der Waals surface area contributed by atoms with Crippen molar-refractivity contribution in [2.45, 2.75) is 44.8 Å². The van der Waals surface area contributed by atoms with Crippen LogP contribution in [0.2, 0.25) is 0 Å². The first-order chi connectivity index (χ1) is 12.7. The van der Waals surface area contributed by atoms with Crippen LogP contribution in [0.5, 0.6) is 11.5 Å². The number of ether oxygens (including phenoxy) is 3. The molecule has 0 bridgehead atoms. The summed E-state index contributed by atoms with van der Waals surface area (Å²) >= 11 is 0. The van der Waals surface area contributed by atoms with E-state index in [0.717, 1.165) is 42.7 Å². The first-order valence-electron chi connectivity index (χ1n) is 9.23. The number of carbonyl (C=O) groups excluding carboxylic acids is 1. The molecule has 0 aromatic heterocycles. The summed E-state index contributed by atoms with van der Waals surface area (Å²) in [5.74, 6) is 2.22. The van der Waals surface area contributed by atoms with Crippen molar-refractivity contribution in [1.29, 1.82) is 0 Å². The van der Waals surface area contributed by atoms with Crippen molar-refractivity contribution in [1.82, 2.24) is 0 Å². The molecule has 1 fully saturated rings. The molecule has 1 saturated carbocycles. The molecule has 2 aromatic carbocycles. The lowest BCUT2D eigenvalue weighted by atomic mass is 9.79. The molecule has 1 aliphatic rings. The van der Waals surface area contributed by atoms with Crippen LogP contribution < -0.4 is 4.74 Å². The Hall–Kier alpha value is -2.33. The Labute approximate surface area is 155 Å². The zero-order chi connectivity index (χ0) is 18.2. The highest BCUT2D eigenvalue weighted by molar-refractivity contribution is 5.68. The average molecular weight is 354 g/mol. The monoisotopic (exact) mass is 354 g/mol. The SMILES string of the molecule is COC(=O)CCCC1CC(OCc2cccc(Oc3ccccc3)c2)C1. The summed E-state index contributed by atoms with van der Waals surface area (Å²) in [6, 6.07) is 17.8. The molecule has 3 rings (SSSR count). The van der Waals surface area contributed by atoms with Gasteiger partial charge in [-0.1, -0.05) is 30.3 Å². The zero-order valence-corrected chi connectivity index (χ0v) is 15.2. The molecule has 0 heterocycles. The van der Waals surface area contributed by atoms with Crippen molar-refractivity contribution in [2.24, 2.45) is 5.92 Å². The predicted molar refractivity (Wildman–Crippen MR) is 100 cm³/mol. The molecule has 0 radical (unpaired) electrons. The second-order valence-corrected chi connectivity index (χ2v) is 6.80. The maximum Gasteiger partial charge on any atom is 0.305 e. The fraction of sp³-hybridized carbons (Fsp3) is 0.409. The Morgan fingerprint density at radius 2 is 1.81 bits per heavy atom. The second kappa shape index (κ2) is 9.39. The van der Waals surface area contributed by atoms with Crippen LogP contribution in [0.15, 0.2) is 54.6 Å². The average Bonchev–Trinajstić information content (AvgIpc) is 2.63. The van der Waals surface area contributed by atoms with Crippen molar-refractivity contribution in [2.75, 3.05) is 7.11 Å². The molecule has 4 heteroatoms. The largest absolute Gasteiger partial charge is 0.469 e. The molecule has 0 atom stereocenters. The number of methoxy groups -OCH3 is 1. The number of esters is 1. The highest BCUT2D eigenvalue weighted by atomic mass is 16.5. The van der Waals surface area contributed by atoms with E-state index in [1.807, 2.05) is 48.5 Å². The summed E-state index contributed by atoms with van der Waals surface area (Å²) < 4.78 is 16.5. The van der Waals surface area contributed by atoms with E-state index < -0.39 is 0 Å². The number of hydrogen-bond donors (Lipinski definition) is 0. The molecule has 2 aromatic rings. The van der Waals surface area contributed by atoms with Gasteiger partial charge in [-0.25, -0.2) is 0 Å². The molecular formula is C22H26O4. The molecule has 1 aliphatic carbocycles. The van der Waals surface area contributed by atoms with E-state index in [0.29, 0.717) is 25.0 Å². The molecular weight excluding hydrogens is 328 g/mol. The molecule has 0 saturated heterocycles. The van der Waals surface area contributed by atoms with Crippen LogP contribution in [0.4, 0.5) is 0 Å². The van der Waals surface area contributed by atoms with Gasteiger partial charge in [-0.3, -0.25) is 4.79 Å². The third kappa shape index (κ3) is 5.60. The normalized spacial score (nSPS) is 18.8. The van der Waals surface area contributed by atoms with E-state index in [9.17, 15) is 4.79 Å². The summed E-state index contributed by atoms with van der Waals surface area (Å²) in [7, 11) is 1.44. The Bertz CT molecular complexity index is 692. The van der Waals surface area contributed by atoms with Gasteiger partial charge in [-0.2, -0.15) is 0 Å². The van der Waals surface area contributed by atoms with Crippen molar-refractivity contribution >= 4 is 5.97 Å². The minimum atomic E-state index is -0.116. The van der Waals surface area contributed by atoms with Gasteiger partial charge in [0.25, 0.3) is 0 Å². The van der Waals surface area contributed by atoms with Crippen LogP contribution in [-0.4, -0.2) is 19.2 Å². The number of benzene rings is 2. The van der Waals surface area contributed by atoms with Crippen LogP contribution in [0, 0.1) is 5.92 Å². The molecule has 0 unspecified atom stereocenters. The minimum absolute atomic E-state index is 0.116. The lowest BCUT2D eigenvalue weighted by Gasteiger charge is -2.35. The van der Waals surface area contributed by atoms with Gasteiger partial charge in [-0.05, 0) is 61.4 Å². The van der Waals surface area contributed by atoms with Gasteiger partial charge >= 0.3 is 5.97 Å². The quantitative estimate of drug-likeness (QED) is 0.587. The number of para-hydroxylation sites is 1. The van der Waals surface area contributed by atoms with Gasteiger partial charge in [0.05, 0.1) is 19.8 Å². The van der Waals surface area contributed by atoms with Crippen molar-refractivity contribution in [3.8, 4) is 11.5 Å². The summed E-state index contributed by atoms with van der Waals surface area (Å²) in [5, 5.41) is 0. The van der Waals surface area contributed by atoms with E-state index in [1.165, 1.54) is 7.11 Å². The molecule has 0 spiro atoms. The number of rotatable bonds is 9. The maximum atomic E-state index is 11.1. The summed E-state index contributed by atoms with van der Waals surface area (Å²) in [6.45, 7) is 0.603. The van der Waals surface area contributed by atoms with Crippen molar-refractivity contribution < 1.29 is 19.0 Å². The predicted octanol–water partition coefficient (Wildman–Crippen LogP) is 5.12. The lowest BCUT2D eigenvalue weighted by molar-refractivity contribution is -0.140. The van der Waals surface area contributed by atoms with Crippen LogP contribution in [0.1, 0.15) is 37.7 Å². The highest BCUT2D eigenvalue weighted by Crippen LogP contribution is 2.34. The summed E-state index contributed by atoms with van der Waals surface area (Å²) in [5.41, 5.74) is 1.12. The molecule has 4 nitrogen and oxygen atoms in total. The topological polar surface area (TPSA) is 44.8 Å². The molecule has 26 heavy (non-hydrogen) atoms. The molecule has 138 valence electrons. The van der Waals surface area contributed by atoms with E-state index >= 15 is 0 Å². The van der Waals surface area contributed by atoms with Crippen LogP contribution in [0.25, 0.3) is 0 Å². The fourth-order valence-electron chi connectivity index (χ4n) is 3.22. The highest BCUT2D eigenvalue weighted by Gasteiger charge is 2.29. The van der Waals surface area contributed by atoms with Crippen LogP contribution in [-0.2, 0) is 20.9 Å². The van der Waals surface area contributed by atoms with Gasteiger partial charge < -0.3 is 14.2 Å². The molecule has 0 N–H and O–H groups in total. The number of hydrogen-bond acceptors (Lipinski definition) is 4. The first-order valence-corrected chi connectivity index (χ1v) is 9.23. The standard InChI is InChI=1S/C22H26O4/c1-24-22(23)12-6-7-17-13-21(14-17)25-16-18-8-5-11-20(15-18)26-19-9-3-2-4-10-19/h2-5,8-11,15,17,21H,6-7,12-14,16H2,1H3. The van der Waals surface area contributed by atoms with Gasteiger partial charge in [0.1, 0.15) is 11.5 Å².